The van der Waals surface area contributed by atoms with Gasteiger partial charge in [-0.15, -0.1) is 0 Å². The van der Waals surface area contributed by atoms with E-state index in [0.717, 1.165) is 32.1 Å². The number of hydrogen-bond acceptors (Lipinski definition) is 4. The Morgan fingerprint density at radius 3 is 2.81 bits per heavy atom. The third-order valence-corrected chi connectivity index (χ3v) is 6.40. The van der Waals surface area contributed by atoms with E-state index in [1.165, 1.54) is 12.1 Å². The van der Waals surface area contributed by atoms with Gasteiger partial charge in [-0.1, -0.05) is 26.0 Å². The standard InChI is InChI=1S/C25H42FN3O3/c1-19(2)15-23(17-27-3)28-24(30)29-13-8-10-21(18-29)25(31,12-5-6-14-32-4)20-9-7-11-22(26)16-20/h7,9,11,16,19,21,23,27,31H,5-6,8,10,12-15,17-18H2,1-4H3,(H,28,30)/t21-,23?,25-/m1/s1. The number of ether oxygens (including phenoxy) is 1. The Balaban J connectivity index is 2.15. The van der Waals surface area contributed by atoms with Gasteiger partial charge in [0.2, 0.25) is 0 Å². The van der Waals surface area contributed by atoms with Gasteiger partial charge in [0.05, 0.1) is 5.60 Å². The number of amides is 2. The van der Waals surface area contributed by atoms with Crippen LogP contribution in [0.4, 0.5) is 9.18 Å². The maximum absolute atomic E-state index is 14.0. The highest BCUT2D eigenvalue weighted by molar-refractivity contribution is 5.74. The molecule has 1 saturated heterocycles. The topological polar surface area (TPSA) is 73.8 Å². The van der Waals surface area contributed by atoms with Gasteiger partial charge >= 0.3 is 6.03 Å². The summed E-state index contributed by atoms with van der Waals surface area (Å²) in [5.74, 6) is -0.0288. The first kappa shape index (κ1) is 26.6. The van der Waals surface area contributed by atoms with Crippen LogP contribution >= 0.6 is 0 Å². The Morgan fingerprint density at radius 2 is 2.16 bits per heavy atom. The molecule has 182 valence electrons. The summed E-state index contributed by atoms with van der Waals surface area (Å²) in [5.41, 5.74) is -0.591. The third-order valence-electron chi connectivity index (χ3n) is 6.40. The summed E-state index contributed by atoms with van der Waals surface area (Å²) < 4.78 is 19.2. The summed E-state index contributed by atoms with van der Waals surface area (Å²) in [5, 5.41) is 18.2. The van der Waals surface area contributed by atoms with Gasteiger partial charge in [0, 0.05) is 45.3 Å². The number of likely N-dealkylation sites (tertiary alicyclic amines) is 1. The molecule has 0 bridgehead atoms. The van der Waals surface area contributed by atoms with Crippen LogP contribution in [-0.4, -0.2) is 62.5 Å². The number of piperidine rings is 1. The molecule has 32 heavy (non-hydrogen) atoms. The molecule has 1 aliphatic rings. The molecule has 2 rings (SSSR count). The van der Waals surface area contributed by atoms with Crippen LogP contribution in [-0.2, 0) is 10.3 Å². The van der Waals surface area contributed by atoms with Crippen molar-refractivity contribution in [2.45, 2.75) is 64.0 Å². The Kier molecular flexibility index (Phi) is 10.9. The quantitative estimate of drug-likeness (QED) is 0.422. The highest BCUT2D eigenvalue weighted by Crippen LogP contribution is 2.40. The monoisotopic (exact) mass is 451 g/mol. The van der Waals surface area contributed by atoms with Gasteiger partial charge in [-0.05, 0) is 69.2 Å². The predicted octanol–water partition coefficient (Wildman–Crippen LogP) is 3.89. The number of nitrogens with zero attached hydrogens (tertiary/aromatic N) is 1. The number of hydrogen-bond donors (Lipinski definition) is 3. The summed E-state index contributed by atoms with van der Waals surface area (Å²) in [7, 11) is 3.55. The zero-order chi connectivity index (χ0) is 23.6. The Labute approximate surface area is 192 Å². The van der Waals surface area contributed by atoms with Gasteiger partial charge in [-0.2, -0.15) is 0 Å². The molecular formula is C25H42FN3O3. The van der Waals surface area contributed by atoms with Crippen molar-refractivity contribution in [3.63, 3.8) is 0 Å². The molecule has 0 aliphatic carbocycles. The zero-order valence-electron chi connectivity index (χ0n) is 20.2. The second kappa shape index (κ2) is 13.1. The minimum atomic E-state index is -1.18. The van der Waals surface area contributed by atoms with Crippen molar-refractivity contribution in [1.82, 2.24) is 15.5 Å². The lowest BCUT2D eigenvalue weighted by Crippen LogP contribution is -2.53. The molecule has 0 spiro atoms. The second-order valence-electron chi connectivity index (χ2n) is 9.50. The van der Waals surface area contributed by atoms with Crippen LogP contribution in [0.15, 0.2) is 24.3 Å². The lowest BCUT2D eigenvalue weighted by atomic mass is 9.74. The number of rotatable bonds is 12. The molecule has 1 aromatic carbocycles. The number of nitrogens with one attached hydrogen (secondary N) is 2. The summed E-state index contributed by atoms with van der Waals surface area (Å²) in [4.78, 5) is 14.9. The molecule has 7 heteroatoms. The zero-order valence-corrected chi connectivity index (χ0v) is 20.2. The van der Waals surface area contributed by atoms with Crippen LogP contribution in [0.5, 0.6) is 0 Å². The number of aliphatic hydroxyl groups is 1. The van der Waals surface area contributed by atoms with E-state index in [1.807, 2.05) is 11.9 Å². The van der Waals surface area contributed by atoms with Gasteiger partial charge in [0.25, 0.3) is 0 Å². The number of likely N-dealkylation sites (N-methyl/N-ethyl adjacent to an activating group) is 1. The van der Waals surface area contributed by atoms with E-state index in [0.29, 0.717) is 44.1 Å². The van der Waals surface area contributed by atoms with E-state index in [2.05, 4.69) is 24.5 Å². The predicted molar refractivity (Wildman–Crippen MR) is 126 cm³/mol. The van der Waals surface area contributed by atoms with E-state index in [9.17, 15) is 14.3 Å². The van der Waals surface area contributed by atoms with Crippen LogP contribution in [0.3, 0.4) is 0 Å². The van der Waals surface area contributed by atoms with Crippen molar-refractivity contribution in [2.75, 3.05) is 40.4 Å². The van der Waals surface area contributed by atoms with E-state index >= 15 is 0 Å². The first-order chi connectivity index (χ1) is 15.3. The average Bonchev–Trinajstić information content (AvgIpc) is 2.76. The minimum Gasteiger partial charge on any atom is -0.385 e. The molecule has 1 aliphatic heterocycles. The maximum Gasteiger partial charge on any atom is 0.317 e. The van der Waals surface area contributed by atoms with Crippen LogP contribution in [0.25, 0.3) is 0 Å². The van der Waals surface area contributed by atoms with Gasteiger partial charge in [0.1, 0.15) is 5.82 Å². The highest BCUT2D eigenvalue weighted by Gasteiger charge is 2.41. The van der Waals surface area contributed by atoms with E-state index < -0.39 is 5.60 Å². The molecule has 1 fully saturated rings. The van der Waals surface area contributed by atoms with Crippen LogP contribution in [0.1, 0.15) is 57.9 Å². The number of carbonyl (C=O) groups is 1. The molecular weight excluding hydrogens is 409 g/mol. The first-order valence-corrected chi connectivity index (χ1v) is 12.0. The molecule has 3 N–H and O–H groups in total. The molecule has 0 saturated carbocycles. The van der Waals surface area contributed by atoms with Gasteiger partial charge in [0.15, 0.2) is 0 Å². The molecule has 3 atom stereocenters. The third kappa shape index (κ3) is 7.71. The Hall–Kier alpha value is -1.70. The molecule has 1 unspecified atom stereocenters. The van der Waals surface area contributed by atoms with Crippen molar-refractivity contribution in [3.8, 4) is 0 Å². The Bertz CT molecular complexity index is 703. The average molecular weight is 452 g/mol. The van der Waals surface area contributed by atoms with Crippen LogP contribution in [0, 0.1) is 17.7 Å². The van der Waals surface area contributed by atoms with Crippen LogP contribution < -0.4 is 10.6 Å². The van der Waals surface area contributed by atoms with Crippen LogP contribution in [0.2, 0.25) is 0 Å². The summed E-state index contributed by atoms with van der Waals surface area (Å²) in [6.07, 6.45) is 4.61. The number of carbonyl (C=O) groups excluding carboxylic acids is 1. The molecule has 0 radical (unpaired) electrons. The maximum atomic E-state index is 14.0. The van der Waals surface area contributed by atoms with E-state index in [-0.39, 0.29) is 23.8 Å². The lowest BCUT2D eigenvalue weighted by molar-refractivity contribution is -0.0565. The fourth-order valence-electron chi connectivity index (χ4n) is 4.81. The lowest BCUT2D eigenvalue weighted by Gasteiger charge is -2.43. The number of benzene rings is 1. The summed E-state index contributed by atoms with van der Waals surface area (Å²) in [6.45, 7) is 6.76. The highest BCUT2D eigenvalue weighted by atomic mass is 19.1. The van der Waals surface area contributed by atoms with Crippen molar-refractivity contribution in [1.29, 1.82) is 0 Å². The normalized spacial score (nSPS) is 19.6. The van der Waals surface area contributed by atoms with Gasteiger partial charge < -0.3 is 25.4 Å². The fourth-order valence-corrected chi connectivity index (χ4v) is 4.81. The fraction of sp³-hybridized carbons (Fsp3) is 0.720. The van der Waals surface area contributed by atoms with Crippen molar-refractivity contribution in [3.05, 3.63) is 35.6 Å². The molecule has 6 nitrogen and oxygen atoms in total. The molecule has 1 heterocycles. The van der Waals surface area contributed by atoms with Gasteiger partial charge in [-0.3, -0.25) is 0 Å². The first-order valence-electron chi connectivity index (χ1n) is 12.0. The number of methoxy groups -OCH3 is 1. The largest absolute Gasteiger partial charge is 0.385 e. The molecule has 2 amide bonds. The minimum absolute atomic E-state index is 0.0593. The smallest absolute Gasteiger partial charge is 0.317 e. The SMILES string of the molecule is CNCC(CC(C)C)NC(=O)N1CCC[C@@H]([C@@](O)(CCCCOC)c2cccc(F)c2)C1. The number of urea groups is 1. The number of unbranched alkanes of at least 4 members (excludes halogenated alkanes) is 1. The van der Waals surface area contributed by atoms with Crippen molar-refractivity contribution >= 4 is 6.03 Å². The number of halogens is 1. The van der Waals surface area contributed by atoms with E-state index in [4.69, 9.17) is 4.74 Å². The summed E-state index contributed by atoms with van der Waals surface area (Å²) >= 11 is 0. The second-order valence-corrected chi connectivity index (χ2v) is 9.50. The van der Waals surface area contributed by atoms with Gasteiger partial charge in [-0.25, -0.2) is 9.18 Å². The van der Waals surface area contributed by atoms with E-state index in [1.54, 1.807) is 19.2 Å². The molecule has 1 aromatic rings. The molecule has 0 aromatic heterocycles. The van der Waals surface area contributed by atoms with Crippen molar-refractivity contribution < 1.29 is 19.0 Å². The van der Waals surface area contributed by atoms with Crippen molar-refractivity contribution in [2.24, 2.45) is 11.8 Å². The summed E-state index contributed by atoms with van der Waals surface area (Å²) in [6, 6.07) is 6.24. The Morgan fingerprint density at radius 1 is 1.38 bits per heavy atom.